The monoisotopic (exact) mass is 229 g/mol. The van der Waals surface area contributed by atoms with Gasteiger partial charge in [0.15, 0.2) is 0 Å². The van der Waals surface area contributed by atoms with Gasteiger partial charge in [0, 0.05) is 5.56 Å². The molecule has 0 fully saturated rings. The van der Waals surface area contributed by atoms with Crippen LogP contribution in [-0.2, 0) is 6.18 Å². The number of hydrogen-bond acceptors (Lipinski definition) is 2. The van der Waals surface area contributed by atoms with E-state index in [9.17, 15) is 18.0 Å². The maximum atomic E-state index is 12.4. The molecule has 0 bridgehead atoms. The molecule has 0 unspecified atom stereocenters. The van der Waals surface area contributed by atoms with Gasteiger partial charge in [0.25, 0.3) is 0 Å². The Morgan fingerprint density at radius 1 is 1.25 bits per heavy atom. The minimum Gasteiger partial charge on any atom is -0.416 e. The van der Waals surface area contributed by atoms with Gasteiger partial charge in [0.2, 0.25) is 0 Å². The summed E-state index contributed by atoms with van der Waals surface area (Å²) >= 11 is 0. The number of aromatic nitrogens is 1. The van der Waals surface area contributed by atoms with Gasteiger partial charge in [-0.05, 0) is 12.1 Å². The van der Waals surface area contributed by atoms with Crippen molar-refractivity contribution in [1.82, 2.24) is 4.98 Å². The first kappa shape index (κ1) is 10.5. The van der Waals surface area contributed by atoms with Crippen LogP contribution in [0.25, 0.3) is 11.3 Å². The SMILES string of the molecule is O=c1[nH]c(-c2cccc(C(F)(F)F)c2)co1. The van der Waals surface area contributed by atoms with Gasteiger partial charge in [-0.15, -0.1) is 0 Å². The van der Waals surface area contributed by atoms with Crippen LogP contribution in [0.3, 0.4) is 0 Å². The Labute approximate surface area is 87.5 Å². The van der Waals surface area contributed by atoms with Crippen molar-refractivity contribution >= 4 is 0 Å². The van der Waals surface area contributed by atoms with Crippen molar-refractivity contribution in [1.29, 1.82) is 0 Å². The smallest absolute Gasteiger partial charge is 0.416 e. The van der Waals surface area contributed by atoms with Crippen molar-refractivity contribution < 1.29 is 17.6 Å². The molecule has 1 aromatic carbocycles. The van der Waals surface area contributed by atoms with Crippen molar-refractivity contribution in [2.24, 2.45) is 0 Å². The van der Waals surface area contributed by atoms with E-state index in [1.54, 1.807) is 0 Å². The zero-order valence-electron chi connectivity index (χ0n) is 7.84. The summed E-state index contributed by atoms with van der Waals surface area (Å²) in [6.07, 6.45) is -3.32. The number of aromatic amines is 1. The normalized spacial score (nSPS) is 11.7. The predicted octanol–water partition coefficient (Wildman–Crippen LogP) is 2.65. The van der Waals surface area contributed by atoms with Gasteiger partial charge in [0.1, 0.15) is 6.26 Å². The minimum atomic E-state index is -4.40. The van der Waals surface area contributed by atoms with Crippen molar-refractivity contribution in [3.8, 4) is 11.3 Å². The van der Waals surface area contributed by atoms with E-state index in [2.05, 4.69) is 9.40 Å². The standard InChI is InChI=1S/C10H6F3NO2/c11-10(12,13)7-3-1-2-6(4-7)8-5-16-9(15)14-8/h1-5H,(H,14,15). The highest BCUT2D eigenvalue weighted by Crippen LogP contribution is 2.31. The molecule has 16 heavy (non-hydrogen) atoms. The Hall–Kier alpha value is -1.98. The summed E-state index contributed by atoms with van der Waals surface area (Å²) in [5, 5.41) is 0. The van der Waals surface area contributed by atoms with E-state index in [4.69, 9.17) is 0 Å². The van der Waals surface area contributed by atoms with Gasteiger partial charge in [-0.25, -0.2) is 4.79 Å². The molecule has 0 radical (unpaired) electrons. The Balaban J connectivity index is 2.48. The fraction of sp³-hybridized carbons (Fsp3) is 0.100. The summed E-state index contributed by atoms with van der Waals surface area (Å²) in [5.74, 6) is -0.701. The fourth-order valence-electron chi connectivity index (χ4n) is 1.28. The molecule has 2 rings (SSSR count). The van der Waals surface area contributed by atoms with E-state index >= 15 is 0 Å². The molecule has 0 aliphatic heterocycles. The van der Waals surface area contributed by atoms with Gasteiger partial charge in [-0.1, -0.05) is 12.1 Å². The molecule has 1 aromatic heterocycles. The molecular weight excluding hydrogens is 223 g/mol. The van der Waals surface area contributed by atoms with Crippen LogP contribution < -0.4 is 5.76 Å². The van der Waals surface area contributed by atoms with E-state index in [0.717, 1.165) is 18.4 Å². The molecule has 6 heteroatoms. The lowest BCUT2D eigenvalue weighted by molar-refractivity contribution is -0.137. The van der Waals surface area contributed by atoms with Gasteiger partial charge < -0.3 is 4.42 Å². The van der Waals surface area contributed by atoms with Crippen LogP contribution in [0.1, 0.15) is 5.56 Å². The highest BCUT2D eigenvalue weighted by molar-refractivity contribution is 5.58. The molecule has 0 saturated carbocycles. The number of rotatable bonds is 1. The average Bonchev–Trinajstić information content (AvgIpc) is 2.64. The van der Waals surface area contributed by atoms with E-state index in [1.807, 2.05) is 0 Å². The Morgan fingerprint density at radius 3 is 2.56 bits per heavy atom. The number of H-pyrrole nitrogens is 1. The first-order chi connectivity index (χ1) is 7.47. The second kappa shape index (κ2) is 3.55. The molecule has 3 nitrogen and oxygen atoms in total. The van der Waals surface area contributed by atoms with E-state index in [1.165, 1.54) is 12.1 Å². The third-order valence-corrected chi connectivity index (χ3v) is 2.02. The molecule has 1 N–H and O–H groups in total. The van der Waals surface area contributed by atoms with Crippen molar-refractivity contribution in [3.63, 3.8) is 0 Å². The van der Waals surface area contributed by atoms with Crippen LogP contribution in [0.15, 0.2) is 39.7 Å². The number of oxazole rings is 1. The zero-order valence-corrected chi connectivity index (χ0v) is 7.84. The van der Waals surface area contributed by atoms with Crippen molar-refractivity contribution in [2.75, 3.05) is 0 Å². The van der Waals surface area contributed by atoms with E-state index in [-0.39, 0.29) is 11.3 Å². The molecule has 0 aliphatic carbocycles. The highest BCUT2D eigenvalue weighted by atomic mass is 19.4. The summed E-state index contributed by atoms with van der Waals surface area (Å²) in [6, 6.07) is 4.63. The topological polar surface area (TPSA) is 46.0 Å². The maximum absolute atomic E-state index is 12.4. The molecule has 0 amide bonds. The van der Waals surface area contributed by atoms with Gasteiger partial charge in [-0.3, -0.25) is 4.98 Å². The number of nitrogens with one attached hydrogen (secondary N) is 1. The maximum Gasteiger partial charge on any atom is 0.416 e. The van der Waals surface area contributed by atoms with Gasteiger partial charge in [-0.2, -0.15) is 13.2 Å². The Morgan fingerprint density at radius 2 is 2.00 bits per heavy atom. The van der Waals surface area contributed by atoms with Crippen LogP contribution in [0.5, 0.6) is 0 Å². The molecular formula is C10H6F3NO2. The summed E-state index contributed by atoms with van der Waals surface area (Å²) in [6.45, 7) is 0. The van der Waals surface area contributed by atoms with Gasteiger partial charge in [0.05, 0.1) is 11.3 Å². The minimum absolute atomic E-state index is 0.219. The average molecular weight is 229 g/mol. The second-order valence-corrected chi connectivity index (χ2v) is 3.14. The van der Waals surface area contributed by atoms with E-state index in [0.29, 0.717) is 0 Å². The predicted molar refractivity (Wildman–Crippen MR) is 49.8 cm³/mol. The number of benzene rings is 1. The fourth-order valence-corrected chi connectivity index (χ4v) is 1.28. The largest absolute Gasteiger partial charge is 0.416 e. The van der Waals surface area contributed by atoms with Crippen LogP contribution in [0, 0.1) is 0 Å². The summed E-state index contributed by atoms with van der Waals surface area (Å²) in [7, 11) is 0. The quantitative estimate of drug-likeness (QED) is 0.817. The number of hydrogen-bond donors (Lipinski definition) is 1. The summed E-state index contributed by atoms with van der Waals surface area (Å²) < 4.78 is 41.6. The Kier molecular flexibility index (Phi) is 2.34. The first-order valence-electron chi connectivity index (χ1n) is 4.32. The van der Waals surface area contributed by atoms with Crippen LogP contribution in [-0.4, -0.2) is 4.98 Å². The zero-order chi connectivity index (χ0) is 11.8. The molecule has 0 spiro atoms. The van der Waals surface area contributed by atoms with Gasteiger partial charge >= 0.3 is 11.9 Å². The Bertz CT molecular complexity index is 553. The second-order valence-electron chi connectivity index (χ2n) is 3.14. The summed E-state index contributed by atoms with van der Waals surface area (Å²) in [4.78, 5) is 13.0. The first-order valence-corrected chi connectivity index (χ1v) is 4.32. The van der Waals surface area contributed by atoms with E-state index < -0.39 is 17.5 Å². The molecule has 1 heterocycles. The van der Waals surface area contributed by atoms with Crippen molar-refractivity contribution in [3.05, 3.63) is 46.6 Å². The highest BCUT2D eigenvalue weighted by Gasteiger charge is 2.30. The lowest BCUT2D eigenvalue weighted by Gasteiger charge is -2.07. The lowest BCUT2D eigenvalue weighted by Crippen LogP contribution is -2.04. The van der Waals surface area contributed by atoms with Crippen LogP contribution >= 0.6 is 0 Å². The molecule has 0 atom stereocenters. The van der Waals surface area contributed by atoms with Crippen LogP contribution in [0.4, 0.5) is 13.2 Å². The third kappa shape index (κ3) is 2.00. The lowest BCUT2D eigenvalue weighted by atomic mass is 10.1. The van der Waals surface area contributed by atoms with Crippen LogP contribution in [0.2, 0.25) is 0 Å². The molecule has 0 saturated heterocycles. The summed E-state index contributed by atoms with van der Waals surface area (Å²) in [5.41, 5.74) is -0.302. The molecule has 2 aromatic rings. The van der Waals surface area contributed by atoms with Crippen molar-refractivity contribution in [2.45, 2.75) is 6.18 Å². The molecule has 0 aliphatic rings. The number of halogens is 3. The number of alkyl halides is 3. The third-order valence-electron chi connectivity index (χ3n) is 2.02. The molecule has 84 valence electrons.